The molecule has 16 heavy (non-hydrogen) atoms. The van der Waals surface area contributed by atoms with E-state index in [0.717, 1.165) is 11.8 Å². The van der Waals surface area contributed by atoms with E-state index >= 15 is 0 Å². The molecule has 0 spiro atoms. The van der Waals surface area contributed by atoms with Gasteiger partial charge >= 0.3 is 5.97 Å². The zero-order valence-corrected chi connectivity index (χ0v) is 10.4. The molecule has 2 unspecified atom stereocenters. The van der Waals surface area contributed by atoms with Crippen molar-refractivity contribution < 1.29 is 9.90 Å². The zero-order chi connectivity index (χ0) is 11.7. The van der Waals surface area contributed by atoms with Gasteiger partial charge in [-0.05, 0) is 43.9 Å². The van der Waals surface area contributed by atoms with E-state index in [2.05, 4.69) is 18.7 Å². The summed E-state index contributed by atoms with van der Waals surface area (Å²) in [6.07, 6.45) is 6.09. The van der Waals surface area contributed by atoms with Crippen LogP contribution < -0.4 is 0 Å². The van der Waals surface area contributed by atoms with Gasteiger partial charge in [-0.1, -0.05) is 13.8 Å². The maximum Gasteiger partial charge on any atom is 0.317 e. The van der Waals surface area contributed by atoms with Crippen molar-refractivity contribution in [3.63, 3.8) is 0 Å². The number of carbonyl (C=O) groups is 1. The van der Waals surface area contributed by atoms with Gasteiger partial charge in [0, 0.05) is 12.1 Å². The van der Waals surface area contributed by atoms with E-state index in [0.29, 0.717) is 12.1 Å². The van der Waals surface area contributed by atoms with Gasteiger partial charge in [-0.2, -0.15) is 0 Å². The first-order valence-corrected chi connectivity index (χ1v) is 6.53. The van der Waals surface area contributed by atoms with Crippen LogP contribution in [-0.4, -0.2) is 34.6 Å². The van der Waals surface area contributed by atoms with Crippen LogP contribution in [0.15, 0.2) is 0 Å². The molecule has 2 atom stereocenters. The Kier molecular flexibility index (Phi) is 3.53. The van der Waals surface area contributed by atoms with E-state index in [1.807, 2.05) is 0 Å². The topological polar surface area (TPSA) is 40.5 Å². The predicted octanol–water partition coefficient (Wildman–Crippen LogP) is 2.36. The minimum Gasteiger partial charge on any atom is -0.480 e. The number of aliphatic carboxylic acids is 1. The van der Waals surface area contributed by atoms with Crippen molar-refractivity contribution in [2.45, 2.75) is 58.0 Å². The average Bonchev–Trinajstić information content (AvgIpc) is 2.95. The molecule has 2 rings (SSSR count). The minimum absolute atomic E-state index is 0.245. The maximum absolute atomic E-state index is 10.9. The van der Waals surface area contributed by atoms with Crippen LogP contribution in [0, 0.1) is 11.8 Å². The molecule has 3 nitrogen and oxygen atoms in total. The Bertz CT molecular complexity index is 253. The van der Waals surface area contributed by atoms with E-state index < -0.39 is 5.97 Å². The van der Waals surface area contributed by atoms with Crippen molar-refractivity contribution in [2.75, 3.05) is 6.54 Å². The molecular formula is C13H23NO2. The number of carboxylic acid groups (broad SMARTS) is 1. The van der Waals surface area contributed by atoms with Crippen LogP contribution in [0.5, 0.6) is 0 Å². The first kappa shape index (κ1) is 11.9. The molecule has 0 aromatic rings. The van der Waals surface area contributed by atoms with Gasteiger partial charge in [-0.3, -0.25) is 9.69 Å². The second kappa shape index (κ2) is 4.74. The molecule has 0 bridgehead atoms. The third kappa shape index (κ3) is 2.97. The highest BCUT2D eigenvalue weighted by atomic mass is 16.4. The van der Waals surface area contributed by atoms with Crippen molar-refractivity contribution in [1.29, 1.82) is 0 Å². The summed E-state index contributed by atoms with van der Waals surface area (Å²) in [7, 11) is 0. The summed E-state index contributed by atoms with van der Waals surface area (Å²) in [5.41, 5.74) is 0. The second-order valence-corrected chi connectivity index (χ2v) is 5.87. The van der Waals surface area contributed by atoms with Gasteiger partial charge in [0.15, 0.2) is 0 Å². The Morgan fingerprint density at radius 3 is 2.12 bits per heavy atom. The van der Waals surface area contributed by atoms with Gasteiger partial charge in [0.25, 0.3) is 0 Å². The molecule has 2 aliphatic rings. The van der Waals surface area contributed by atoms with Crippen molar-refractivity contribution >= 4 is 5.97 Å². The highest BCUT2D eigenvalue weighted by Crippen LogP contribution is 2.37. The monoisotopic (exact) mass is 225 g/mol. The number of hydrogen-bond acceptors (Lipinski definition) is 2. The van der Waals surface area contributed by atoms with Crippen LogP contribution in [0.2, 0.25) is 0 Å². The Hall–Kier alpha value is -0.570. The van der Waals surface area contributed by atoms with Gasteiger partial charge in [0.1, 0.15) is 0 Å². The van der Waals surface area contributed by atoms with Gasteiger partial charge in [-0.15, -0.1) is 0 Å². The summed E-state index contributed by atoms with van der Waals surface area (Å²) < 4.78 is 0. The lowest BCUT2D eigenvalue weighted by Gasteiger charge is -2.38. The standard InChI is InChI=1S/C13H23NO2/c1-9-5-10(2)7-12(6-9)14(8-13(15)16)11-3-4-11/h9-12H,3-8H2,1-2H3,(H,15,16). The molecule has 2 saturated carbocycles. The molecule has 92 valence electrons. The number of rotatable bonds is 4. The smallest absolute Gasteiger partial charge is 0.317 e. The van der Waals surface area contributed by atoms with Crippen molar-refractivity contribution in [3.8, 4) is 0 Å². The third-order valence-corrected chi connectivity index (χ3v) is 3.96. The third-order valence-electron chi connectivity index (χ3n) is 3.96. The fourth-order valence-electron chi connectivity index (χ4n) is 3.29. The highest BCUT2D eigenvalue weighted by Gasteiger charge is 2.37. The Balaban J connectivity index is 1.98. The van der Waals surface area contributed by atoms with Gasteiger partial charge in [0.2, 0.25) is 0 Å². The van der Waals surface area contributed by atoms with Crippen molar-refractivity contribution in [1.82, 2.24) is 4.90 Å². The van der Waals surface area contributed by atoms with Crippen LogP contribution in [0.1, 0.15) is 46.0 Å². The minimum atomic E-state index is -0.669. The highest BCUT2D eigenvalue weighted by molar-refractivity contribution is 5.69. The molecule has 2 fully saturated rings. The number of carboxylic acids is 1. The first-order chi connectivity index (χ1) is 7.56. The molecule has 2 aliphatic carbocycles. The number of hydrogen-bond donors (Lipinski definition) is 1. The lowest BCUT2D eigenvalue weighted by atomic mass is 9.79. The normalized spacial score (nSPS) is 35.3. The summed E-state index contributed by atoms with van der Waals surface area (Å²) in [5.74, 6) is 0.838. The largest absolute Gasteiger partial charge is 0.480 e. The molecule has 0 aromatic carbocycles. The summed E-state index contributed by atoms with van der Waals surface area (Å²) in [6, 6.07) is 1.08. The van der Waals surface area contributed by atoms with Crippen LogP contribution in [-0.2, 0) is 4.79 Å². The van der Waals surface area contributed by atoms with E-state index in [1.165, 1.54) is 32.1 Å². The van der Waals surface area contributed by atoms with E-state index in [9.17, 15) is 4.79 Å². The zero-order valence-electron chi connectivity index (χ0n) is 10.4. The Morgan fingerprint density at radius 1 is 1.12 bits per heavy atom. The lowest BCUT2D eigenvalue weighted by molar-refractivity contribution is -0.139. The van der Waals surface area contributed by atoms with Crippen LogP contribution in [0.25, 0.3) is 0 Å². The van der Waals surface area contributed by atoms with Crippen LogP contribution in [0.4, 0.5) is 0 Å². The molecule has 1 N–H and O–H groups in total. The van der Waals surface area contributed by atoms with E-state index in [-0.39, 0.29) is 6.54 Å². The lowest BCUT2D eigenvalue weighted by Crippen LogP contribution is -2.44. The SMILES string of the molecule is CC1CC(C)CC(N(CC(=O)O)C2CC2)C1. The average molecular weight is 225 g/mol. The first-order valence-electron chi connectivity index (χ1n) is 6.53. The van der Waals surface area contributed by atoms with Crippen molar-refractivity contribution in [3.05, 3.63) is 0 Å². The fourth-order valence-corrected chi connectivity index (χ4v) is 3.29. The summed E-state index contributed by atoms with van der Waals surface area (Å²) in [4.78, 5) is 13.2. The summed E-state index contributed by atoms with van der Waals surface area (Å²) in [6.45, 7) is 4.85. The van der Waals surface area contributed by atoms with Gasteiger partial charge < -0.3 is 5.11 Å². The quantitative estimate of drug-likeness (QED) is 0.798. The molecule has 3 heteroatoms. The van der Waals surface area contributed by atoms with Crippen LogP contribution >= 0.6 is 0 Å². The Labute approximate surface area is 97.8 Å². The summed E-state index contributed by atoms with van der Waals surface area (Å²) in [5, 5.41) is 8.98. The molecule has 0 radical (unpaired) electrons. The maximum atomic E-state index is 10.9. The number of nitrogens with zero attached hydrogens (tertiary/aromatic N) is 1. The van der Waals surface area contributed by atoms with Gasteiger partial charge in [-0.25, -0.2) is 0 Å². The Morgan fingerprint density at radius 2 is 1.69 bits per heavy atom. The van der Waals surface area contributed by atoms with Crippen LogP contribution in [0.3, 0.4) is 0 Å². The molecule has 0 heterocycles. The molecule has 0 amide bonds. The molecule has 0 aliphatic heterocycles. The van der Waals surface area contributed by atoms with E-state index in [4.69, 9.17) is 5.11 Å². The fraction of sp³-hybridized carbons (Fsp3) is 0.923. The molecular weight excluding hydrogens is 202 g/mol. The molecule has 0 saturated heterocycles. The van der Waals surface area contributed by atoms with Gasteiger partial charge in [0.05, 0.1) is 6.54 Å². The summed E-state index contributed by atoms with van der Waals surface area (Å²) >= 11 is 0. The second-order valence-electron chi connectivity index (χ2n) is 5.87. The van der Waals surface area contributed by atoms with Crippen molar-refractivity contribution in [2.24, 2.45) is 11.8 Å². The van der Waals surface area contributed by atoms with E-state index in [1.54, 1.807) is 0 Å². The predicted molar refractivity (Wildman–Crippen MR) is 63.3 cm³/mol. The molecule has 0 aromatic heterocycles.